The van der Waals surface area contributed by atoms with Crippen molar-refractivity contribution in [3.63, 3.8) is 0 Å². The molecule has 0 saturated carbocycles. The molecule has 2 amide bonds. The van der Waals surface area contributed by atoms with Crippen molar-refractivity contribution in [2.75, 3.05) is 31.1 Å². The summed E-state index contributed by atoms with van der Waals surface area (Å²) in [7, 11) is 0. The lowest BCUT2D eigenvalue weighted by Gasteiger charge is -2.16. The zero-order valence-corrected chi connectivity index (χ0v) is 13.0. The van der Waals surface area contributed by atoms with Gasteiger partial charge in [-0.05, 0) is 30.7 Å². The summed E-state index contributed by atoms with van der Waals surface area (Å²) < 4.78 is 19.6. The van der Waals surface area contributed by atoms with Crippen molar-refractivity contribution in [3.05, 3.63) is 29.6 Å². The predicted molar refractivity (Wildman–Crippen MR) is 82.9 cm³/mol. The van der Waals surface area contributed by atoms with E-state index < -0.39 is 12.2 Å². The summed E-state index contributed by atoms with van der Waals surface area (Å²) in [5.74, 6) is -0.295. The highest BCUT2D eigenvalue weighted by Gasteiger charge is 2.33. The van der Waals surface area contributed by atoms with Crippen LogP contribution in [0.1, 0.15) is 24.8 Å². The van der Waals surface area contributed by atoms with Gasteiger partial charge in [0.1, 0.15) is 11.9 Å². The van der Waals surface area contributed by atoms with Crippen LogP contribution >= 0.6 is 0 Å². The van der Waals surface area contributed by atoms with E-state index in [1.807, 2.05) is 0 Å². The normalized spacial score (nSPS) is 23.9. The van der Waals surface area contributed by atoms with E-state index in [9.17, 15) is 14.0 Å². The lowest BCUT2D eigenvalue weighted by Crippen LogP contribution is -2.33. The fourth-order valence-electron chi connectivity index (χ4n) is 3.03. The van der Waals surface area contributed by atoms with Crippen molar-refractivity contribution >= 4 is 17.7 Å². The number of nitrogens with one attached hydrogen (secondary N) is 2. The van der Waals surface area contributed by atoms with Gasteiger partial charge in [0.2, 0.25) is 5.91 Å². The Hall–Kier alpha value is -2.15. The SMILES string of the molecule is CC(=O)NCC1CN(c2ccc(C3CCNC3)c(F)c2)C(=O)O1. The first kappa shape index (κ1) is 15.7. The van der Waals surface area contributed by atoms with Crippen LogP contribution in [0.25, 0.3) is 0 Å². The molecule has 2 N–H and O–H groups in total. The number of carbonyl (C=O) groups is 2. The molecule has 2 aliphatic heterocycles. The molecule has 2 saturated heterocycles. The van der Waals surface area contributed by atoms with Crippen molar-refractivity contribution in [1.29, 1.82) is 0 Å². The summed E-state index contributed by atoms with van der Waals surface area (Å²) in [5, 5.41) is 5.83. The quantitative estimate of drug-likeness (QED) is 0.878. The molecule has 2 atom stereocenters. The van der Waals surface area contributed by atoms with Crippen LogP contribution in [0.3, 0.4) is 0 Å². The Balaban J connectivity index is 1.70. The van der Waals surface area contributed by atoms with Crippen molar-refractivity contribution < 1.29 is 18.7 Å². The molecule has 0 radical (unpaired) electrons. The zero-order chi connectivity index (χ0) is 16.4. The number of halogens is 1. The highest BCUT2D eigenvalue weighted by atomic mass is 19.1. The summed E-state index contributed by atoms with van der Waals surface area (Å²) in [4.78, 5) is 24.3. The molecule has 0 aromatic heterocycles. The molecule has 6 nitrogen and oxygen atoms in total. The maximum atomic E-state index is 14.4. The number of hydrogen-bond acceptors (Lipinski definition) is 4. The van der Waals surface area contributed by atoms with Crippen LogP contribution in [0.4, 0.5) is 14.9 Å². The Morgan fingerprint density at radius 2 is 2.35 bits per heavy atom. The van der Waals surface area contributed by atoms with E-state index in [1.165, 1.54) is 17.9 Å². The third-order valence-electron chi connectivity index (χ3n) is 4.25. The van der Waals surface area contributed by atoms with Crippen molar-refractivity contribution in [3.8, 4) is 0 Å². The van der Waals surface area contributed by atoms with Gasteiger partial charge in [-0.3, -0.25) is 9.69 Å². The molecular formula is C16H20FN3O3. The molecular weight excluding hydrogens is 301 g/mol. The first-order valence-electron chi connectivity index (χ1n) is 7.77. The highest BCUT2D eigenvalue weighted by molar-refractivity contribution is 5.89. The second-order valence-electron chi connectivity index (χ2n) is 5.95. The van der Waals surface area contributed by atoms with E-state index in [0.717, 1.165) is 19.5 Å². The van der Waals surface area contributed by atoms with Gasteiger partial charge < -0.3 is 15.4 Å². The average Bonchev–Trinajstić information content (AvgIpc) is 3.14. The lowest BCUT2D eigenvalue weighted by molar-refractivity contribution is -0.119. The summed E-state index contributed by atoms with van der Waals surface area (Å²) >= 11 is 0. The first-order valence-corrected chi connectivity index (χ1v) is 7.77. The number of hydrogen-bond donors (Lipinski definition) is 2. The Kier molecular flexibility index (Phi) is 4.47. The van der Waals surface area contributed by atoms with Gasteiger partial charge in [0, 0.05) is 19.4 Å². The maximum Gasteiger partial charge on any atom is 0.414 e. The van der Waals surface area contributed by atoms with Crippen LogP contribution in [0, 0.1) is 5.82 Å². The zero-order valence-electron chi connectivity index (χ0n) is 13.0. The minimum Gasteiger partial charge on any atom is -0.442 e. The van der Waals surface area contributed by atoms with Crippen molar-refractivity contribution in [1.82, 2.24) is 10.6 Å². The molecule has 0 bridgehead atoms. The second-order valence-corrected chi connectivity index (χ2v) is 5.95. The summed E-state index contributed by atoms with van der Waals surface area (Å²) in [6, 6.07) is 4.88. The number of rotatable bonds is 4. The first-order chi connectivity index (χ1) is 11.0. The standard InChI is InChI=1S/C16H20FN3O3/c1-10(21)19-8-13-9-20(16(22)23-13)12-2-3-14(15(17)6-12)11-4-5-18-7-11/h2-3,6,11,13,18H,4-5,7-9H2,1H3,(H,19,21). The molecule has 3 rings (SSSR count). The van der Waals surface area contributed by atoms with Crippen LogP contribution in [0.2, 0.25) is 0 Å². The van der Waals surface area contributed by atoms with Gasteiger partial charge in [-0.15, -0.1) is 0 Å². The van der Waals surface area contributed by atoms with E-state index in [4.69, 9.17) is 4.74 Å². The average molecular weight is 321 g/mol. The van der Waals surface area contributed by atoms with Gasteiger partial charge in [-0.1, -0.05) is 6.07 Å². The molecule has 2 unspecified atom stereocenters. The van der Waals surface area contributed by atoms with Gasteiger partial charge in [-0.25, -0.2) is 9.18 Å². The Labute approximate surface area is 134 Å². The predicted octanol–water partition coefficient (Wildman–Crippen LogP) is 1.36. The summed E-state index contributed by atoms with van der Waals surface area (Å²) in [5.41, 5.74) is 1.16. The van der Waals surface area contributed by atoms with Gasteiger partial charge in [0.25, 0.3) is 0 Å². The van der Waals surface area contributed by atoms with Crippen LogP contribution in [-0.2, 0) is 9.53 Å². The van der Waals surface area contributed by atoms with Crippen LogP contribution in [0.15, 0.2) is 18.2 Å². The second kappa shape index (κ2) is 6.54. The molecule has 1 aromatic rings. The molecule has 1 aromatic carbocycles. The Morgan fingerprint density at radius 3 is 3.00 bits per heavy atom. The monoisotopic (exact) mass is 321 g/mol. The van der Waals surface area contributed by atoms with Gasteiger partial charge >= 0.3 is 6.09 Å². The topological polar surface area (TPSA) is 70.7 Å². The van der Waals surface area contributed by atoms with E-state index >= 15 is 0 Å². The Morgan fingerprint density at radius 1 is 1.52 bits per heavy atom. The van der Waals surface area contributed by atoms with Gasteiger partial charge in [0.15, 0.2) is 0 Å². The lowest BCUT2D eigenvalue weighted by atomic mass is 9.97. The maximum absolute atomic E-state index is 14.4. The molecule has 23 heavy (non-hydrogen) atoms. The largest absolute Gasteiger partial charge is 0.442 e. The van der Waals surface area contributed by atoms with E-state index in [2.05, 4.69) is 10.6 Å². The Bertz CT molecular complexity index is 617. The van der Waals surface area contributed by atoms with Crippen molar-refractivity contribution in [2.45, 2.75) is 25.4 Å². The van der Waals surface area contributed by atoms with Crippen LogP contribution in [-0.4, -0.2) is 44.3 Å². The van der Waals surface area contributed by atoms with Gasteiger partial charge in [-0.2, -0.15) is 0 Å². The number of benzene rings is 1. The van der Waals surface area contributed by atoms with Crippen molar-refractivity contribution in [2.24, 2.45) is 0 Å². The van der Waals surface area contributed by atoms with Crippen LogP contribution in [0.5, 0.6) is 0 Å². The number of cyclic esters (lactones) is 1. The van der Waals surface area contributed by atoms with Gasteiger partial charge in [0.05, 0.1) is 18.8 Å². The molecule has 124 valence electrons. The number of carbonyl (C=O) groups excluding carboxylic acids is 2. The third-order valence-corrected chi connectivity index (χ3v) is 4.25. The number of anilines is 1. The van der Waals surface area contributed by atoms with E-state index in [0.29, 0.717) is 17.8 Å². The summed E-state index contributed by atoms with van der Waals surface area (Å²) in [6.07, 6.45) is -0.0240. The van der Waals surface area contributed by atoms with E-state index in [1.54, 1.807) is 12.1 Å². The number of ether oxygens (including phenoxy) is 1. The molecule has 0 aliphatic carbocycles. The smallest absolute Gasteiger partial charge is 0.414 e. The minimum atomic E-state index is -0.518. The molecule has 2 aliphatic rings. The molecule has 2 fully saturated rings. The summed E-state index contributed by atoms with van der Waals surface area (Å²) in [6.45, 7) is 3.63. The number of nitrogens with zero attached hydrogens (tertiary/aromatic N) is 1. The fraction of sp³-hybridized carbons (Fsp3) is 0.500. The molecule has 2 heterocycles. The molecule has 0 spiro atoms. The van der Waals surface area contributed by atoms with E-state index in [-0.39, 0.29) is 24.2 Å². The molecule has 7 heteroatoms. The highest BCUT2D eigenvalue weighted by Crippen LogP contribution is 2.29. The van der Waals surface area contributed by atoms with Crippen LogP contribution < -0.4 is 15.5 Å². The number of amides is 2. The third kappa shape index (κ3) is 3.44. The minimum absolute atomic E-state index is 0.180. The fourth-order valence-corrected chi connectivity index (χ4v) is 3.03.